The minimum Gasteiger partial charge on any atom is -0.327 e. The van der Waals surface area contributed by atoms with Crippen LogP contribution in [0.5, 0.6) is 0 Å². The van der Waals surface area contributed by atoms with Gasteiger partial charge in [0.15, 0.2) is 0 Å². The van der Waals surface area contributed by atoms with Crippen LogP contribution in [0.2, 0.25) is 0 Å². The fourth-order valence-corrected chi connectivity index (χ4v) is 2.40. The van der Waals surface area contributed by atoms with Crippen LogP contribution in [0.3, 0.4) is 0 Å². The van der Waals surface area contributed by atoms with Crippen molar-refractivity contribution in [3.63, 3.8) is 0 Å². The molecule has 0 aliphatic rings. The van der Waals surface area contributed by atoms with Gasteiger partial charge in [-0.3, -0.25) is 0 Å². The highest BCUT2D eigenvalue weighted by molar-refractivity contribution is 9.10. The van der Waals surface area contributed by atoms with Gasteiger partial charge in [0.1, 0.15) is 0 Å². The molecule has 0 aliphatic heterocycles. The maximum atomic E-state index is 6.21. The van der Waals surface area contributed by atoms with Gasteiger partial charge in [0.05, 0.1) is 0 Å². The molecule has 1 nitrogen and oxygen atoms in total. The summed E-state index contributed by atoms with van der Waals surface area (Å²) < 4.78 is 1.12. The first kappa shape index (κ1) is 14.3. The van der Waals surface area contributed by atoms with Crippen molar-refractivity contribution < 1.29 is 0 Å². The van der Waals surface area contributed by atoms with Crippen molar-refractivity contribution in [2.24, 2.45) is 5.73 Å². The average Bonchev–Trinajstić information content (AvgIpc) is 2.41. The fourth-order valence-electron chi connectivity index (χ4n) is 2.13. The minimum absolute atomic E-state index is 0.225. The Bertz CT molecular complexity index is 502. The number of benzene rings is 2. The first-order chi connectivity index (χ1) is 9.13. The van der Waals surface area contributed by atoms with E-state index in [4.69, 9.17) is 5.73 Å². The molecule has 2 aromatic carbocycles. The summed E-state index contributed by atoms with van der Waals surface area (Å²) in [6.45, 7) is 2.11. The molecule has 1 unspecified atom stereocenters. The molecule has 2 heteroatoms. The Morgan fingerprint density at radius 3 is 2.16 bits per heavy atom. The van der Waals surface area contributed by atoms with Crippen molar-refractivity contribution in [3.8, 4) is 0 Å². The molecule has 0 bridgehead atoms. The van der Waals surface area contributed by atoms with Crippen LogP contribution in [-0.2, 0) is 12.8 Å². The minimum atomic E-state index is 0.225. The topological polar surface area (TPSA) is 26.0 Å². The van der Waals surface area contributed by atoms with Crippen molar-refractivity contribution in [2.45, 2.75) is 32.2 Å². The van der Waals surface area contributed by atoms with E-state index in [1.807, 2.05) is 0 Å². The van der Waals surface area contributed by atoms with Crippen LogP contribution >= 0.6 is 15.9 Å². The van der Waals surface area contributed by atoms with Crippen molar-refractivity contribution in [3.05, 3.63) is 69.7 Å². The zero-order valence-corrected chi connectivity index (χ0v) is 12.9. The van der Waals surface area contributed by atoms with E-state index in [0.29, 0.717) is 0 Å². The quantitative estimate of drug-likeness (QED) is 0.876. The van der Waals surface area contributed by atoms with Crippen LogP contribution < -0.4 is 5.73 Å². The van der Waals surface area contributed by atoms with Crippen LogP contribution in [-0.4, -0.2) is 6.04 Å². The monoisotopic (exact) mass is 317 g/mol. The van der Waals surface area contributed by atoms with E-state index in [0.717, 1.165) is 23.7 Å². The van der Waals surface area contributed by atoms with E-state index in [1.165, 1.54) is 16.7 Å². The summed E-state index contributed by atoms with van der Waals surface area (Å²) >= 11 is 3.45. The highest BCUT2D eigenvalue weighted by Gasteiger charge is 2.05. The second kappa shape index (κ2) is 6.88. The van der Waals surface area contributed by atoms with Crippen LogP contribution in [0.4, 0.5) is 0 Å². The third-order valence-electron chi connectivity index (χ3n) is 3.34. The Balaban J connectivity index is 1.82. The molecule has 2 N–H and O–H groups in total. The van der Waals surface area contributed by atoms with Crippen LogP contribution in [0.15, 0.2) is 53.0 Å². The second-order valence-corrected chi connectivity index (χ2v) is 6.03. The van der Waals surface area contributed by atoms with Gasteiger partial charge in [-0.1, -0.05) is 57.9 Å². The number of halogens is 1. The Labute approximate surface area is 124 Å². The number of aryl methyl sites for hydroxylation is 2. The van der Waals surface area contributed by atoms with Gasteiger partial charge in [-0.2, -0.15) is 0 Å². The lowest BCUT2D eigenvalue weighted by molar-refractivity contribution is 0.610. The summed E-state index contributed by atoms with van der Waals surface area (Å²) in [7, 11) is 0. The third-order valence-corrected chi connectivity index (χ3v) is 3.86. The smallest absolute Gasteiger partial charge is 0.0175 e. The van der Waals surface area contributed by atoms with Gasteiger partial charge in [0.25, 0.3) is 0 Å². The molecule has 1 atom stereocenters. The predicted octanol–water partition coefficient (Wildman–Crippen LogP) is 4.26. The zero-order valence-electron chi connectivity index (χ0n) is 11.3. The molecule has 2 rings (SSSR count). The predicted molar refractivity (Wildman–Crippen MR) is 85.3 cm³/mol. The van der Waals surface area contributed by atoms with E-state index >= 15 is 0 Å². The molecule has 0 saturated heterocycles. The SMILES string of the molecule is Cc1ccc(CCC(N)Cc2ccc(Br)cc2)cc1. The molecule has 0 saturated carbocycles. The van der Waals surface area contributed by atoms with Gasteiger partial charge in [0, 0.05) is 10.5 Å². The van der Waals surface area contributed by atoms with E-state index in [1.54, 1.807) is 0 Å². The van der Waals surface area contributed by atoms with Gasteiger partial charge in [-0.05, 0) is 49.4 Å². The lowest BCUT2D eigenvalue weighted by atomic mass is 9.99. The highest BCUT2D eigenvalue weighted by Crippen LogP contribution is 2.13. The Kier molecular flexibility index (Phi) is 5.17. The highest BCUT2D eigenvalue weighted by atomic mass is 79.9. The number of nitrogens with two attached hydrogens (primary N) is 1. The summed E-state index contributed by atoms with van der Waals surface area (Å²) in [5.41, 5.74) is 10.2. The Morgan fingerprint density at radius 1 is 0.947 bits per heavy atom. The van der Waals surface area contributed by atoms with Crippen LogP contribution in [0, 0.1) is 6.92 Å². The van der Waals surface area contributed by atoms with E-state index < -0.39 is 0 Å². The van der Waals surface area contributed by atoms with E-state index in [-0.39, 0.29) is 6.04 Å². The van der Waals surface area contributed by atoms with Gasteiger partial charge in [-0.25, -0.2) is 0 Å². The van der Waals surface area contributed by atoms with Crippen molar-refractivity contribution in [1.82, 2.24) is 0 Å². The summed E-state index contributed by atoms with van der Waals surface area (Å²) in [4.78, 5) is 0. The Hall–Kier alpha value is -1.12. The molecule has 19 heavy (non-hydrogen) atoms. The zero-order chi connectivity index (χ0) is 13.7. The lowest BCUT2D eigenvalue weighted by Crippen LogP contribution is -2.23. The molecule has 0 fully saturated rings. The first-order valence-corrected chi connectivity index (χ1v) is 7.48. The fraction of sp³-hybridized carbons (Fsp3) is 0.294. The maximum absolute atomic E-state index is 6.21. The molecule has 0 aromatic heterocycles. The van der Waals surface area contributed by atoms with Gasteiger partial charge >= 0.3 is 0 Å². The lowest BCUT2D eigenvalue weighted by Gasteiger charge is -2.12. The summed E-state index contributed by atoms with van der Waals surface area (Å²) in [5, 5.41) is 0. The number of rotatable bonds is 5. The van der Waals surface area contributed by atoms with Crippen molar-refractivity contribution in [2.75, 3.05) is 0 Å². The van der Waals surface area contributed by atoms with Crippen molar-refractivity contribution in [1.29, 1.82) is 0 Å². The van der Waals surface area contributed by atoms with Gasteiger partial charge in [0.2, 0.25) is 0 Å². The summed E-state index contributed by atoms with van der Waals surface area (Å²) in [5.74, 6) is 0. The maximum Gasteiger partial charge on any atom is 0.0175 e. The van der Waals surface area contributed by atoms with Gasteiger partial charge in [-0.15, -0.1) is 0 Å². The van der Waals surface area contributed by atoms with E-state index in [9.17, 15) is 0 Å². The first-order valence-electron chi connectivity index (χ1n) is 6.69. The average molecular weight is 318 g/mol. The normalized spacial score (nSPS) is 12.4. The molecule has 0 aliphatic carbocycles. The van der Waals surface area contributed by atoms with Crippen molar-refractivity contribution >= 4 is 15.9 Å². The standard InChI is InChI=1S/C17H20BrN/c1-13-2-4-14(5-3-13)8-11-17(19)12-15-6-9-16(18)10-7-15/h2-7,9-10,17H,8,11-12,19H2,1H3. The van der Waals surface area contributed by atoms with Crippen LogP contribution in [0.25, 0.3) is 0 Å². The molecule has 0 spiro atoms. The van der Waals surface area contributed by atoms with Crippen LogP contribution in [0.1, 0.15) is 23.1 Å². The molecule has 0 radical (unpaired) electrons. The van der Waals surface area contributed by atoms with E-state index in [2.05, 4.69) is 71.4 Å². The molecular weight excluding hydrogens is 298 g/mol. The summed E-state index contributed by atoms with van der Waals surface area (Å²) in [6, 6.07) is 17.4. The molecule has 2 aromatic rings. The number of hydrogen-bond donors (Lipinski definition) is 1. The molecule has 100 valence electrons. The second-order valence-electron chi connectivity index (χ2n) is 5.11. The molecule has 0 heterocycles. The third kappa shape index (κ3) is 4.81. The summed E-state index contributed by atoms with van der Waals surface area (Å²) in [6.07, 6.45) is 3.02. The number of hydrogen-bond acceptors (Lipinski definition) is 1. The largest absolute Gasteiger partial charge is 0.327 e. The molecule has 0 amide bonds. The van der Waals surface area contributed by atoms with Gasteiger partial charge < -0.3 is 5.73 Å². The Morgan fingerprint density at radius 2 is 1.53 bits per heavy atom. The molecular formula is C17H20BrN.